The number of nitrogens with zero attached hydrogens (tertiary/aromatic N) is 2. The van der Waals surface area contributed by atoms with Crippen LogP contribution >= 0.6 is 0 Å². The zero-order valence-electron chi connectivity index (χ0n) is 16.4. The molecule has 2 aliphatic rings. The summed E-state index contributed by atoms with van der Waals surface area (Å²) in [5, 5.41) is 0.545. The lowest BCUT2D eigenvalue weighted by Gasteiger charge is -2.35. The predicted octanol–water partition coefficient (Wildman–Crippen LogP) is -0.147. The van der Waals surface area contributed by atoms with Crippen molar-refractivity contribution in [1.29, 1.82) is 0 Å². The third-order valence-corrected chi connectivity index (χ3v) is 6.45. The fraction of sp³-hybridized carbons (Fsp3) is 0.571. The van der Waals surface area contributed by atoms with Gasteiger partial charge in [0.05, 0.1) is 44.1 Å². The van der Waals surface area contributed by atoms with E-state index in [0.29, 0.717) is 23.4 Å². The second-order valence-corrected chi connectivity index (χ2v) is 8.39. The molecule has 7 heteroatoms. The van der Waals surface area contributed by atoms with Gasteiger partial charge in [-0.05, 0) is 43.7 Å². The Balaban J connectivity index is 1.40. The number of fused-ring (bicyclic) bond motifs is 1. The number of rotatable bonds is 3. The van der Waals surface area contributed by atoms with Crippen molar-refractivity contribution in [3.8, 4) is 0 Å². The molecule has 7 nitrogen and oxygen atoms in total. The number of aromatic nitrogens is 2. The molecule has 1 aromatic heterocycles. The molecule has 0 unspecified atom stereocenters. The fourth-order valence-electron chi connectivity index (χ4n) is 4.58. The molecule has 2 fully saturated rings. The highest BCUT2D eigenvalue weighted by atomic mass is 16.2. The first-order valence-electron chi connectivity index (χ1n) is 10.3. The van der Waals surface area contributed by atoms with Gasteiger partial charge in [-0.3, -0.25) is 14.2 Å². The van der Waals surface area contributed by atoms with Crippen molar-refractivity contribution in [1.82, 2.24) is 14.5 Å². The number of piperazine rings is 1. The van der Waals surface area contributed by atoms with Crippen LogP contribution in [-0.4, -0.2) is 53.6 Å². The van der Waals surface area contributed by atoms with E-state index < -0.39 is 0 Å². The molecule has 0 bridgehead atoms. The summed E-state index contributed by atoms with van der Waals surface area (Å²) in [7, 11) is 2.17. The molecule has 1 saturated heterocycles. The number of carbonyl (C=O) groups is 1. The van der Waals surface area contributed by atoms with E-state index in [4.69, 9.17) is 0 Å². The molecular weight excluding hydrogens is 356 g/mol. The summed E-state index contributed by atoms with van der Waals surface area (Å²) in [6.07, 6.45) is 3.47. The Morgan fingerprint density at radius 1 is 1.11 bits per heavy atom. The maximum atomic E-state index is 12.8. The Labute approximate surface area is 163 Å². The number of carbonyl (C=O) groups excluding carboxylic acids is 1. The Kier molecular flexibility index (Phi) is 5.35. The quantitative estimate of drug-likeness (QED) is 0.772. The molecule has 0 spiro atoms. The summed E-state index contributed by atoms with van der Waals surface area (Å²) in [5.74, 6) is 0.661. The van der Waals surface area contributed by atoms with Crippen LogP contribution in [0.1, 0.15) is 25.7 Å². The van der Waals surface area contributed by atoms with Crippen LogP contribution in [0.2, 0.25) is 0 Å². The molecule has 2 aromatic rings. The molecule has 2 heterocycles. The van der Waals surface area contributed by atoms with Crippen LogP contribution in [-0.2, 0) is 11.3 Å². The summed E-state index contributed by atoms with van der Waals surface area (Å²) in [4.78, 5) is 44.2. The highest BCUT2D eigenvalue weighted by Crippen LogP contribution is 2.30. The number of hydrogen-bond donors (Lipinski definition) is 2. The molecule has 1 aliphatic heterocycles. The van der Waals surface area contributed by atoms with Gasteiger partial charge in [0.2, 0.25) is 5.91 Å². The van der Waals surface area contributed by atoms with Gasteiger partial charge in [-0.1, -0.05) is 12.1 Å². The molecule has 1 amide bonds. The van der Waals surface area contributed by atoms with Gasteiger partial charge in [-0.15, -0.1) is 0 Å². The molecule has 2 N–H and O–H groups in total. The van der Waals surface area contributed by atoms with E-state index in [2.05, 4.69) is 12.0 Å². The number of H-pyrrole nitrogens is 1. The first kappa shape index (κ1) is 18.9. The molecule has 150 valence electrons. The van der Waals surface area contributed by atoms with Gasteiger partial charge < -0.3 is 14.8 Å². The molecule has 1 aliphatic carbocycles. The summed E-state index contributed by atoms with van der Waals surface area (Å²) in [5.41, 5.74) is 0.0105. The van der Waals surface area contributed by atoms with E-state index >= 15 is 0 Å². The SMILES string of the molecule is C[NH+]1CCN(C(=O)C2CCC(Cn3c(=O)[nH]c4ccccc4c3=O)CC2)CC1. The second-order valence-electron chi connectivity index (χ2n) is 8.39. The monoisotopic (exact) mass is 385 g/mol. The third kappa shape index (κ3) is 3.76. The average molecular weight is 385 g/mol. The fourth-order valence-corrected chi connectivity index (χ4v) is 4.58. The van der Waals surface area contributed by atoms with Crippen molar-refractivity contribution in [3.05, 3.63) is 45.1 Å². The van der Waals surface area contributed by atoms with Crippen LogP contribution in [0.3, 0.4) is 0 Å². The van der Waals surface area contributed by atoms with Crippen LogP contribution in [0.15, 0.2) is 33.9 Å². The molecule has 0 radical (unpaired) electrons. The topological polar surface area (TPSA) is 79.6 Å². The highest BCUT2D eigenvalue weighted by molar-refractivity contribution is 5.79. The van der Waals surface area contributed by atoms with E-state index in [9.17, 15) is 14.4 Å². The number of quaternary nitrogens is 1. The van der Waals surface area contributed by atoms with Gasteiger partial charge in [0.25, 0.3) is 5.56 Å². The highest BCUT2D eigenvalue weighted by Gasteiger charge is 2.31. The smallest absolute Gasteiger partial charge is 0.328 e. The van der Waals surface area contributed by atoms with Crippen LogP contribution in [0, 0.1) is 11.8 Å². The van der Waals surface area contributed by atoms with Gasteiger partial charge in [-0.25, -0.2) is 4.79 Å². The molecule has 1 aromatic carbocycles. The standard InChI is InChI=1S/C21H28N4O3/c1-23-10-12-24(13-11-23)19(26)16-8-6-15(7-9-16)14-25-20(27)17-4-2-3-5-18(17)22-21(25)28/h2-5,15-16H,6-14H2,1H3,(H,22,28)/p+1. The summed E-state index contributed by atoms with van der Waals surface area (Å²) in [6, 6.07) is 7.11. The molecular formula is C21H29N4O3+. The molecule has 4 rings (SSSR count). The number of amides is 1. The Morgan fingerprint density at radius 3 is 2.50 bits per heavy atom. The minimum Gasteiger partial charge on any atom is -0.334 e. The van der Waals surface area contributed by atoms with Gasteiger partial charge in [0, 0.05) is 12.5 Å². The van der Waals surface area contributed by atoms with Gasteiger partial charge >= 0.3 is 5.69 Å². The number of benzene rings is 1. The second kappa shape index (κ2) is 7.91. The van der Waals surface area contributed by atoms with Crippen molar-refractivity contribution >= 4 is 16.8 Å². The van der Waals surface area contributed by atoms with E-state index in [0.717, 1.165) is 51.9 Å². The van der Waals surface area contributed by atoms with Crippen molar-refractivity contribution in [2.24, 2.45) is 11.8 Å². The van der Waals surface area contributed by atoms with E-state index in [1.807, 2.05) is 17.0 Å². The first-order valence-corrected chi connectivity index (χ1v) is 10.3. The van der Waals surface area contributed by atoms with Crippen LogP contribution in [0.5, 0.6) is 0 Å². The minimum atomic E-state index is -0.346. The number of nitrogens with one attached hydrogen (secondary N) is 2. The summed E-state index contributed by atoms with van der Waals surface area (Å²) >= 11 is 0. The largest absolute Gasteiger partial charge is 0.334 e. The Bertz CT molecular complexity index is 964. The van der Waals surface area contributed by atoms with E-state index in [-0.39, 0.29) is 23.1 Å². The minimum absolute atomic E-state index is 0.0984. The molecule has 28 heavy (non-hydrogen) atoms. The van der Waals surface area contributed by atoms with Gasteiger partial charge in [-0.2, -0.15) is 0 Å². The zero-order chi connectivity index (χ0) is 19.7. The third-order valence-electron chi connectivity index (χ3n) is 6.45. The van der Waals surface area contributed by atoms with Crippen LogP contribution < -0.4 is 16.1 Å². The van der Waals surface area contributed by atoms with Crippen molar-refractivity contribution in [2.45, 2.75) is 32.2 Å². The molecule has 1 saturated carbocycles. The average Bonchev–Trinajstić information content (AvgIpc) is 2.72. The zero-order valence-corrected chi connectivity index (χ0v) is 16.4. The first-order chi connectivity index (χ1) is 13.5. The number of hydrogen-bond acceptors (Lipinski definition) is 3. The number of para-hydroxylation sites is 1. The normalized spacial score (nSPS) is 23.8. The summed E-state index contributed by atoms with van der Waals surface area (Å²) < 4.78 is 1.33. The van der Waals surface area contributed by atoms with E-state index in [1.165, 1.54) is 9.47 Å². The predicted molar refractivity (Wildman–Crippen MR) is 107 cm³/mol. The Hall–Kier alpha value is -2.41. The van der Waals surface area contributed by atoms with Crippen molar-refractivity contribution in [3.63, 3.8) is 0 Å². The number of aromatic amines is 1. The van der Waals surface area contributed by atoms with Crippen LogP contribution in [0.25, 0.3) is 10.9 Å². The number of likely N-dealkylation sites (N-methyl/N-ethyl adjacent to an activating group) is 1. The van der Waals surface area contributed by atoms with Gasteiger partial charge in [0.15, 0.2) is 0 Å². The lowest BCUT2D eigenvalue weighted by atomic mass is 9.81. The Morgan fingerprint density at radius 2 is 1.79 bits per heavy atom. The molecule has 0 atom stereocenters. The van der Waals surface area contributed by atoms with Gasteiger partial charge in [0.1, 0.15) is 0 Å². The van der Waals surface area contributed by atoms with Crippen LogP contribution in [0.4, 0.5) is 0 Å². The lowest BCUT2D eigenvalue weighted by Crippen LogP contribution is -3.12. The summed E-state index contributed by atoms with van der Waals surface area (Å²) in [6.45, 7) is 4.18. The van der Waals surface area contributed by atoms with E-state index in [1.54, 1.807) is 12.1 Å². The maximum absolute atomic E-state index is 12.8. The van der Waals surface area contributed by atoms with Crippen molar-refractivity contribution in [2.75, 3.05) is 33.2 Å². The lowest BCUT2D eigenvalue weighted by molar-refractivity contribution is -0.883. The maximum Gasteiger partial charge on any atom is 0.328 e. The van der Waals surface area contributed by atoms with Crippen molar-refractivity contribution < 1.29 is 9.69 Å².